The number of pyridine rings is 1. The van der Waals surface area contributed by atoms with Crippen molar-refractivity contribution in [3.63, 3.8) is 0 Å². The molecule has 0 aliphatic heterocycles. The zero-order valence-electron chi connectivity index (χ0n) is 11.6. The second-order valence-electron chi connectivity index (χ2n) is 5.76. The maximum absolute atomic E-state index is 14.4. The molecule has 1 aliphatic rings. The molecule has 0 bridgehead atoms. The summed E-state index contributed by atoms with van der Waals surface area (Å²) in [6.07, 6.45) is 4.64. The van der Waals surface area contributed by atoms with Crippen LogP contribution in [0, 0.1) is 17.6 Å². The SMILES string of the molecule is CC1CC1c1cc(F)cc(F)c1-c1cn2ccccc2n1. The highest BCUT2D eigenvalue weighted by molar-refractivity contribution is 5.68. The molecule has 4 rings (SSSR count). The first-order valence-electron chi connectivity index (χ1n) is 7.06. The van der Waals surface area contributed by atoms with Crippen LogP contribution in [0.25, 0.3) is 16.9 Å². The zero-order valence-corrected chi connectivity index (χ0v) is 11.6. The number of nitrogens with zero attached hydrogens (tertiary/aromatic N) is 2. The van der Waals surface area contributed by atoms with Crippen molar-refractivity contribution in [3.05, 3.63) is 59.9 Å². The van der Waals surface area contributed by atoms with Crippen LogP contribution in [-0.4, -0.2) is 9.38 Å². The van der Waals surface area contributed by atoms with Crippen LogP contribution in [-0.2, 0) is 0 Å². The van der Waals surface area contributed by atoms with Gasteiger partial charge in [-0.1, -0.05) is 13.0 Å². The normalized spacial score (nSPS) is 20.9. The van der Waals surface area contributed by atoms with Gasteiger partial charge in [-0.3, -0.25) is 0 Å². The van der Waals surface area contributed by atoms with Gasteiger partial charge in [0.25, 0.3) is 0 Å². The monoisotopic (exact) mass is 284 g/mol. The van der Waals surface area contributed by atoms with Crippen LogP contribution < -0.4 is 0 Å². The van der Waals surface area contributed by atoms with Gasteiger partial charge in [0.15, 0.2) is 0 Å². The number of halogens is 2. The van der Waals surface area contributed by atoms with E-state index in [0.29, 0.717) is 17.2 Å². The second-order valence-corrected chi connectivity index (χ2v) is 5.76. The summed E-state index contributed by atoms with van der Waals surface area (Å²) >= 11 is 0. The minimum Gasteiger partial charge on any atom is -0.306 e. The van der Waals surface area contributed by atoms with Gasteiger partial charge in [0.1, 0.15) is 17.3 Å². The standard InChI is InChI=1S/C17H14F2N2/c1-10-6-12(10)13-7-11(18)8-14(19)17(13)15-9-21-5-3-2-4-16(21)20-15/h2-5,7-10,12H,6H2,1H3. The van der Waals surface area contributed by atoms with E-state index in [9.17, 15) is 8.78 Å². The van der Waals surface area contributed by atoms with Gasteiger partial charge < -0.3 is 4.40 Å². The van der Waals surface area contributed by atoms with E-state index in [4.69, 9.17) is 0 Å². The lowest BCUT2D eigenvalue weighted by atomic mass is 9.99. The lowest BCUT2D eigenvalue weighted by molar-refractivity contribution is 0.581. The smallest absolute Gasteiger partial charge is 0.137 e. The highest BCUT2D eigenvalue weighted by Crippen LogP contribution is 2.50. The predicted molar refractivity (Wildman–Crippen MR) is 77.1 cm³/mol. The number of imidazole rings is 1. The molecule has 106 valence electrons. The lowest BCUT2D eigenvalue weighted by Crippen LogP contribution is -1.95. The van der Waals surface area contributed by atoms with Crippen molar-refractivity contribution in [2.24, 2.45) is 5.92 Å². The first kappa shape index (κ1) is 12.5. The molecule has 0 saturated heterocycles. The van der Waals surface area contributed by atoms with E-state index in [1.165, 1.54) is 6.07 Å². The van der Waals surface area contributed by atoms with E-state index in [-0.39, 0.29) is 5.92 Å². The summed E-state index contributed by atoms with van der Waals surface area (Å²) in [5, 5.41) is 0. The fraction of sp³-hybridized carbons (Fsp3) is 0.235. The van der Waals surface area contributed by atoms with Crippen molar-refractivity contribution >= 4 is 5.65 Å². The molecular formula is C17H14F2N2. The van der Waals surface area contributed by atoms with Crippen LogP contribution in [0.5, 0.6) is 0 Å². The zero-order chi connectivity index (χ0) is 14.6. The molecule has 21 heavy (non-hydrogen) atoms. The molecule has 2 nitrogen and oxygen atoms in total. The third-order valence-electron chi connectivity index (χ3n) is 4.21. The van der Waals surface area contributed by atoms with Crippen molar-refractivity contribution in [2.75, 3.05) is 0 Å². The minimum absolute atomic E-state index is 0.231. The minimum atomic E-state index is -0.535. The first-order chi connectivity index (χ1) is 10.1. The van der Waals surface area contributed by atoms with Crippen LogP contribution >= 0.6 is 0 Å². The number of fused-ring (bicyclic) bond motifs is 1. The molecule has 0 N–H and O–H groups in total. The van der Waals surface area contributed by atoms with E-state index in [1.54, 1.807) is 6.20 Å². The van der Waals surface area contributed by atoms with Crippen molar-refractivity contribution in [2.45, 2.75) is 19.3 Å². The van der Waals surface area contributed by atoms with Crippen LogP contribution in [0.15, 0.2) is 42.7 Å². The Morgan fingerprint density at radius 1 is 1.24 bits per heavy atom. The average Bonchev–Trinajstić information content (AvgIpc) is 3.02. The van der Waals surface area contributed by atoms with Gasteiger partial charge in [0, 0.05) is 24.0 Å². The molecule has 1 fully saturated rings. The molecular weight excluding hydrogens is 270 g/mol. The van der Waals surface area contributed by atoms with E-state index >= 15 is 0 Å². The van der Waals surface area contributed by atoms with E-state index in [1.807, 2.05) is 28.8 Å². The number of hydrogen-bond donors (Lipinski definition) is 0. The van der Waals surface area contributed by atoms with Gasteiger partial charge in [-0.15, -0.1) is 0 Å². The van der Waals surface area contributed by atoms with Crippen LogP contribution in [0.4, 0.5) is 8.78 Å². The quantitative estimate of drug-likeness (QED) is 0.681. The summed E-state index contributed by atoms with van der Waals surface area (Å²) in [7, 11) is 0. The molecule has 2 aromatic heterocycles. The molecule has 1 aliphatic carbocycles. The van der Waals surface area contributed by atoms with Crippen molar-refractivity contribution < 1.29 is 8.78 Å². The first-order valence-corrected chi connectivity index (χ1v) is 7.06. The second kappa shape index (κ2) is 4.38. The number of hydrogen-bond acceptors (Lipinski definition) is 1. The van der Waals surface area contributed by atoms with Crippen LogP contribution in [0.2, 0.25) is 0 Å². The summed E-state index contributed by atoms with van der Waals surface area (Å²) in [4.78, 5) is 4.47. The van der Waals surface area contributed by atoms with Gasteiger partial charge >= 0.3 is 0 Å². The number of rotatable bonds is 2. The topological polar surface area (TPSA) is 17.3 Å². The van der Waals surface area contributed by atoms with E-state index < -0.39 is 11.6 Å². The van der Waals surface area contributed by atoms with Crippen LogP contribution in [0.3, 0.4) is 0 Å². The maximum Gasteiger partial charge on any atom is 0.137 e. The third-order valence-corrected chi connectivity index (χ3v) is 4.21. The Balaban J connectivity index is 1.94. The van der Waals surface area contributed by atoms with Gasteiger partial charge in [0.05, 0.1) is 5.69 Å². The summed E-state index contributed by atoms with van der Waals surface area (Å²) in [5.74, 6) is -0.349. The Morgan fingerprint density at radius 2 is 2.05 bits per heavy atom. The van der Waals surface area contributed by atoms with Crippen molar-refractivity contribution in [1.29, 1.82) is 0 Å². The Kier molecular flexibility index (Phi) is 2.61. The molecule has 1 saturated carbocycles. The molecule has 2 atom stereocenters. The molecule has 3 aromatic rings. The Hall–Kier alpha value is -2.23. The van der Waals surface area contributed by atoms with Crippen LogP contribution in [0.1, 0.15) is 24.8 Å². The third kappa shape index (κ3) is 2.02. The van der Waals surface area contributed by atoms with Gasteiger partial charge in [-0.25, -0.2) is 13.8 Å². The lowest BCUT2D eigenvalue weighted by Gasteiger charge is -2.08. The molecule has 0 amide bonds. The van der Waals surface area contributed by atoms with Gasteiger partial charge in [-0.05, 0) is 42.0 Å². The summed E-state index contributed by atoms with van der Waals surface area (Å²) < 4.78 is 29.8. The molecule has 0 spiro atoms. The fourth-order valence-electron chi connectivity index (χ4n) is 2.97. The Morgan fingerprint density at radius 3 is 2.76 bits per heavy atom. The molecule has 2 unspecified atom stereocenters. The maximum atomic E-state index is 14.4. The molecule has 1 aromatic carbocycles. The average molecular weight is 284 g/mol. The Bertz CT molecular complexity index is 805. The van der Waals surface area contributed by atoms with E-state index in [2.05, 4.69) is 11.9 Å². The summed E-state index contributed by atoms with van der Waals surface area (Å²) in [6.45, 7) is 2.10. The largest absolute Gasteiger partial charge is 0.306 e. The number of aromatic nitrogens is 2. The Labute approximate surface area is 121 Å². The molecule has 2 heterocycles. The van der Waals surface area contributed by atoms with Crippen molar-refractivity contribution in [3.8, 4) is 11.3 Å². The fourth-order valence-corrected chi connectivity index (χ4v) is 2.97. The molecule has 0 radical (unpaired) electrons. The highest BCUT2D eigenvalue weighted by atomic mass is 19.1. The van der Waals surface area contributed by atoms with E-state index in [0.717, 1.165) is 23.7 Å². The van der Waals surface area contributed by atoms with Gasteiger partial charge in [0.2, 0.25) is 0 Å². The molecule has 4 heteroatoms. The van der Waals surface area contributed by atoms with Crippen molar-refractivity contribution in [1.82, 2.24) is 9.38 Å². The summed E-state index contributed by atoms with van der Waals surface area (Å²) in [6, 6.07) is 8.04. The number of benzene rings is 1. The highest BCUT2D eigenvalue weighted by Gasteiger charge is 2.37. The van der Waals surface area contributed by atoms with Gasteiger partial charge in [-0.2, -0.15) is 0 Å². The predicted octanol–water partition coefficient (Wildman–Crippen LogP) is 4.40. The summed E-state index contributed by atoms with van der Waals surface area (Å²) in [5.41, 5.74) is 2.50.